The molecule has 0 atom stereocenters. The molecule has 0 unspecified atom stereocenters. The van der Waals surface area contributed by atoms with E-state index in [0.29, 0.717) is 11.1 Å². The van der Waals surface area contributed by atoms with Crippen LogP contribution in [0.1, 0.15) is 10.4 Å². The lowest BCUT2D eigenvalue weighted by molar-refractivity contribution is 0.0997. The van der Waals surface area contributed by atoms with Crippen LogP contribution in [0, 0.1) is 0 Å². The van der Waals surface area contributed by atoms with Gasteiger partial charge in [0, 0.05) is 5.56 Å². The molecule has 0 aromatic heterocycles. The van der Waals surface area contributed by atoms with Crippen molar-refractivity contribution in [2.24, 2.45) is 5.73 Å². The topological polar surface area (TPSA) is 77.2 Å². The zero-order valence-electron chi connectivity index (χ0n) is 12.7. The summed E-state index contributed by atoms with van der Waals surface area (Å²) in [6, 6.07) is 21.8. The van der Waals surface area contributed by atoms with Gasteiger partial charge >= 0.3 is 0 Å². The number of benzene rings is 3. The van der Waals surface area contributed by atoms with Crippen molar-refractivity contribution in [1.29, 1.82) is 0 Å². The molecule has 3 rings (SSSR count). The highest BCUT2D eigenvalue weighted by molar-refractivity contribution is 7.91. The number of carbonyl (C=O) groups excluding carboxylic acids is 1. The summed E-state index contributed by atoms with van der Waals surface area (Å²) in [6.45, 7) is 0. The highest BCUT2D eigenvalue weighted by Gasteiger charge is 2.27. The molecule has 0 saturated carbocycles. The molecule has 0 heterocycles. The molecule has 0 bridgehead atoms. The maximum atomic E-state index is 13.1. The summed E-state index contributed by atoms with van der Waals surface area (Å²) in [7, 11) is -3.89. The zero-order valence-corrected chi connectivity index (χ0v) is 13.5. The Labute approximate surface area is 140 Å². The fraction of sp³-hybridized carbons (Fsp3) is 0. The van der Waals surface area contributed by atoms with Crippen molar-refractivity contribution < 1.29 is 13.2 Å². The number of sulfone groups is 1. The van der Waals surface area contributed by atoms with Gasteiger partial charge in [-0.2, -0.15) is 0 Å². The average molecular weight is 337 g/mol. The van der Waals surface area contributed by atoms with Crippen LogP contribution < -0.4 is 5.73 Å². The molecule has 5 heteroatoms. The van der Waals surface area contributed by atoms with Crippen molar-refractivity contribution in [2.75, 3.05) is 0 Å². The Morgan fingerprint density at radius 2 is 1.33 bits per heavy atom. The van der Waals surface area contributed by atoms with Crippen molar-refractivity contribution >= 4 is 15.7 Å². The molecule has 24 heavy (non-hydrogen) atoms. The van der Waals surface area contributed by atoms with Crippen molar-refractivity contribution in [1.82, 2.24) is 0 Å². The second kappa shape index (κ2) is 6.29. The van der Waals surface area contributed by atoms with E-state index >= 15 is 0 Å². The van der Waals surface area contributed by atoms with Gasteiger partial charge < -0.3 is 5.73 Å². The van der Waals surface area contributed by atoms with E-state index in [9.17, 15) is 13.2 Å². The van der Waals surface area contributed by atoms with Gasteiger partial charge in [0.2, 0.25) is 15.7 Å². The van der Waals surface area contributed by atoms with Crippen LogP contribution >= 0.6 is 0 Å². The monoisotopic (exact) mass is 337 g/mol. The second-order valence-electron chi connectivity index (χ2n) is 5.23. The van der Waals surface area contributed by atoms with Gasteiger partial charge in [-0.25, -0.2) is 8.42 Å². The van der Waals surface area contributed by atoms with E-state index in [1.807, 2.05) is 18.2 Å². The molecule has 0 fully saturated rings. The van der Waals surface area contributed by atoms with E-state index in [2.05, 4.69) is 0 Å². The molecular weight excluding hydrogens is 322 g/mol. The lowest BCUT2D eigenvalue weighted by Crippen LogP contribution is -2.17. The molecule has 0 aliphatic carbocycles. The van der Waals surface area contributed by atoms with Crippen molar-refractivity contribution in [3.8, 4) is 11.1 Å². The van der Waals surface area contributed by atoms with Crippen LogP contribution in [0.2, 0.25) is 0 Å². The first-order valence-electron chi connectivity index (χ1n) is 7.30. The van der Waals surface area contributed by atoms with Crippen LogP contribution in [0.25, 0.3) is 11.1 Å². The number of carbonyl (C=O) groups is 1. The molecule has 0 aliphatic rings. The van der Waals surface area contributed by atoms with Crippen LogP contribution in [0.3, 0.4) is 0 Å². The van der Waals surface area contributed by atoms with Gasteiger partial charge in [0.1, 0.15) is 0 Å². The Hall–Kier alpha value is -2.92. The van der Waals surface area contributed by atoms with Gasteiger partial charge in [0.25, 0.3) is 0 Å². The summed E-state index contributed by atoms with van der Waals surface area (Å²) in [5.74, 6) is -0.776. The van der Waals surface area contributed by atoms with E-state index in [0.717, 1.165) is 0 Å². The fourth-order valence-corrected chi connectivity index (χ4v) is 4.27. The molecule has 1 amide bonds. The SMILES string of the molecule is NC(=O)c1cccc(-c2ccccc2)c1S(=O)(=O)c1ccccc1. The lowest BCUT2D eigenvalue weighted by Gasteiger charge is -2.14. The summed E-state index contributed by atoms with van der Waals surface area (Å²) < 4.78 is 26.3. The summed E-state index contributed by atoms with van der Waals surface area (Å²) in [4.78, 5) is 11.9. The van der Waals surface area contributed by atoms with Crippen LogP contribution in [0.5, 0.6) is 0 Å². The molecule has 4 nitrogen and oxygen atoms in total. The Bertz CT molecular complexity index is 982. The summed E-state index contributed by atoms with van der Waals surface area (Å²) in [6.07, 6.45) is 0. The highest BCUT2D eigenvalue weighted by atomic mass is 32.2. The third-order valence-corrected chi connectivity index (χ3v) is 5.56. The number of rotatable bonds is 4. The lowest BCUT2D eigenvalue weighted by atomic mass is 10.0. The molecule has 0 aliphatic heterocycles. The fourth-order valence-electron chi connectivity index (χ4n) is 2.58. The third-order valence-electron chi connectivity index (χ3n) is 3.69. The first-order chi connectivity index (χ1) is 11.5. The van der Waals surface area contributed by atoms with Crippen LogP contribution in [-0.2, 0) is 9.84 Å². The van der Waals surface area contributed by atoms with E-state index in [-0.39, 0.29) is 15.4 Å². The van der Waals surface area contributed by atoms with Crippen molar-refractivity contribution in [2.45, 2.75) is 9.79 Å². The minimum Gasteiger partial charge on any atom is -0.366 e. The first-order valence-corrected chi connectivity index (χ1v) is 8.78. The molecule has 3 aromatic carbocycles. The normalized spacial score (nSPS) is 11.2. The van der Waals surface area contributed by atoms with Crippen LogP contribution in [0.15, 0.2) is 88.7 Å². The minimum atomic E-state index is -3.89. The molecule has 0 radical (unpaired) electrons. The number of amides is 1. The van der Waals surface area contributed by atoms with E-state index in [4.69, 9.17) is 5.73 Å². The van der Waals surface area contributed by atoms with Crippen LogP contribution in [0.4, 0.5) is 0 Å². The van der Waals surface area contributed by atoms with Crippen molar-refractivity contribution in [3.63, 3.8) is 0 Å². The number of primary amides is 1. The molecule has 0 saturated heterocycles. The molecule has 2 N–H and O–H groups in total. The van der Waals surface area contributed by atoms with Gasteiger partial charge in [-0.15, -0.1) is 0 Å². The smallest absolute Gasteiger partial charge is 0.250 e. The predicted molar refractivity (Wildman–Crippen MR) is 92.3 cm³/mol. The molecule has 3 aromatic rings. The second-order valence-corrected chi connectivity index (χ2v) is 7.12. The van der Waals surface area contributed by atoms with Crippen molar-refractivity contribution in [3.05, 3.63) is 84.4 Å². The van der Waals surface area contributed by atoms with Crippen LogP contribution in [-0.4, -0.2) is 14.3 Å². The van der Waals surface area contributed by atoms with Gasteiger partial charge in [-0.3, -0.25) is 4.79 Å². The minimum absolute atomic E-state index is 0.0137. The Morgan fingerprint density at radius 3 is 1.92 bits per heavy atom. The Morgan fingerprint density at radius 1 is 0.750 bits per heavy atom. The summed E-state index contributed by atoms with van der Waals surface area (Å²) in [5, 5.41) is 0. The van der Waals surface area contributed by atoms with E-state index in [1.165, 1.54) is 18.2 Å². The quantitative estimate of drug-likeness (QED) is 0.793. The first kappa shape index (κ1) is 16.0. The Balaban J connectivity index is 2.36. The zero-order chi connectivity index (χ0) is 17.2. The predicted octanol–water partition coefficient (Wildman–Crippen LogP) is 3.29. The molecular formula is C19H15NO3S. The maximum absolute atomic E-state index is 13.1. The average Bonchev–Trinajstić information content (AvgIpc) is 2.62. The van der Waals surface area contributed by atoms with E-state index in [1.54, 1.807) is 42.5 Å². The molecule has 120 valence electrons. The number of nitrogens with two attached hydrogens (primary N) is 1. The largest absolute Gasteiger partial charge is 0.366 e. The molecule has 0 spiro atoms. The van der Waals surface area contributed by atoms with Gasteiger partial charge in [-0.1, -0.05) is 60.7 Å². The number of hydrogen-bond acceptors (Lipinski definition) is 3. The maximum Gasteiger partial charge on any atom is 0.250 e. The van der Waals surface area contributed by atoms with E-state index < -0.39 is 15.7 Å². The Kier molecular flexibility index (Phi) is 4.18. The van der Waals surface area contributed by atoms with Gasteiger partial charge in [0.15, 0.2) is 0 Å². The summed E-state index contributed by atoms with van der Waals surface area (Å²) in [5.41, 5.74) is 6.58. The summed E-state index contributed by atoms with van der Waals surface area (Å²) >= 11 is 0. The number of hydrogen-bond donors (Lipinski definition) is 1. The van der Waals surface area contributed by atoms with Gasteiger partial charge in [0.05, 0.1) is 15.4 Å². The standard InChI is InChI=1S/C19H15NO3S/c20-19(21)17-13-7-12-16(14-8-3-1-4-9-14)18(17)24(22,23)15-10-5-2-6-11-15/h1-13H,(H2,20,21). The third kappa shape index (κ3) is 2.81. The highest BCUT2D eigenvalue weighted by Crippen LogP contribution is 2.34. The van der Waals surface area contributed by atoms with Gasteiger partial charge in [-0.05, 0) is 23.8 Å².